The smallest absolute Gasteiger partial charge is 0.407 e. The van der Waals surface area contributed by atoms with Gasteiger partial charge in [0.15, 0.2) is 0 Å². The highest BCUT2D eigenvalue weighted by molar-refractivity contribution is 5.86. The third-order valence-electron chi connectivity index (χ3n) is 5.52. The van der Waals surface area contributed by atoms with Crippen LogP contribution in [0.25, 0.3) is 10.9 Å². The topological polar surface area (TPSA) is 74.4 Å². The van der Waals surface area contributed by atoms with Crippen LogP contribution < -0.4 is 5.32 Å². The van der Waals surface area contributed by atoms with Gasteiger partial charge in [0.05, 0.1) is 6.04 Å². The van der Waals surface area contributed by atoms with Crippen molar-refractivity contribution in [3.8, 4) is 0 Å². The van der Waals surface area contributed by atoms with Crippen LogP contribution in [0.5, 0.6) is 0 Å². The van der Waals surface area contributed by atoms with Crippen molar-refractivity contribution in [1.82, 2.24) is 15.2 Å². The van der Waals surface area contributed by atoms with E-state index >= 15 is 0 Å². The number of para-hydroxylation sites is 1. The van der Waals surface area contributed by atoms with Crippen molar-refractivity contribution in [2.75, 3.05) is 13.1 Å². The first kappa shape index (κ1) is 22.2. The number of nitrogens with one attached hydrogen (secondary N) is 2. The maximum atomic E-state index is 13.0. The quantitative estimate of drug-likeness (QED) is 0.659. The van der Waals surface area contributed by atoms with E-state index in [9.17, 15) is 9.59 Å². The summed E-state index contributed by atoms with van der Waals surface area (Å²) in [5, 5.41) is 4.03. The Kier molecular flexibility index (Phi) is 6.74. The number of benzene rings is 1. The Balaban J connectivity index is 1.56. The van der Waals surface area contributed by atoms with Crippen LogP contribution >= 0.6 is 0 Å². The number of aromatic nitrogens is 1. The molecule has 1 aliphatic rings. The lowest BCUT2D eigenvalue weighted by Crippen LogP contribution is -2.42. The van der Waals surface area contributed by atoms with Gasteiger partial charge in [-0.1, -0.05) is 32.0 Å². The van der Waals surface area contributed by atoms with Gasteiger partial charge >= 0.3 is 6.09 Å². The molecular formula is C24H35N3O3. The number of rotatable bonds is 6. The van der Waals surface area contributed by atoms with Crippen molar-refractivity contribution in [3.05, 3.63) is 35.5 Å². The summed E-state index contributed by atoms with van der Waals surface area (Å²) in [5.74, 6) is 0.519. The highest BCUT2D eigenvalue weighted by Crippen LogP contribution is 2.38. The molecule has 164 valence electrons. The number of amides is 2. The minimum atomic E-state index is -0.498. The first-order chi connectivity index (χ1) is 14.2. The molecule has 0 radical (unpaired) electrons. The molecule has 3 rings (SSSR count). The van der Waals surface area contributed by atoms with E-state index in [4.69, 9.17) is 4.74 Å². The monoisotopic (exact) mass is 413 g/mol. The van der Waals surface area contributed by atoms with Gasteiger partial charge in [-0.15, -0.1) is 0 Å². The van der Waals surface area contributed by atoms with Gasteiger partial charge in [0, 0.05) is 36.1 Å². The molecule has 0 bridgehead atoms. The minimum Gasteiger partial charge on any atom is -0.444 e. The second-order valence-electron chi connectivity index (χ2n) is 9.47. The van der Waals surface area contributed by atoms with Crippen molar-refractivity contribution in [2.24, 2.45) is 5.92 Å². The third-order valence-corrected chi connectivity index (χ3v) is 5.52. The highest BCUT2D eigenvalue weighted by Gasteiger charge is 2.34. The normalized spacial score (nSPS) is 16.6. The summed E-state index contributed by atoms with van der Waals surface area (Å²) in [4.78, 5) is 30.4. The molecule has 6 nitrogen and oxygen atoms in total. The number of H-pyrrole nitrogens is 1. The average molecular weight is 414 g/mol. The number of ether oxygens (including phenoxy) is 1. The number of hydrogen-bond donors (Lipinski definition) is 2. The number of unbranched alkanes of at least 4 members (excludes halogenated alkanes) is 1. The summed E-state index contributed by atoms with van der Waals surface area (Å²) < 4.78 is 5.23. The Morgan fingerprint density at radius 3 is 2.67 bits per heavy atom. The molecule has 0 fully saturated rings. The van der Waals surface area contributed by atoms with E-state index in [2.05, 4.69) is 42.3 Å². The van der Waals surface area contributed by atoms with Crippen LogP contribution in [0, 0.1) is 5.92 Å². The van der Waals surface area contributed by atoms with Gasteiger partial charge in [0.25, 0.3) is 0 Å². The number of carbonyl (C=O) groups excluding carboxylic acids is 2. The molecule has 1 aromatic carbocycles. The second-order valence-corrected chi connectivity index (χ2v) is 9.47. The predicted molar refractivity (Wildman–Crippen MR) is 119 cm³/mol. The standard InChI is InChI=1S/C24H35N3O3/c1-16(2)22-21-18(17-10-6-7-11-19(17)26-21)13-15-27(22)20(28)12-8-9-14-25-23(29)30-24(3,4)5/h6-7,10-11,16,22,26H,8-9,12-15H2,1-5H3,(H,25,29). The molecule has 1 unspecified atom stereocenters. The average Bonchev–Trinajstić information content (AvgIpc) is 3.03. The van der Waals surface area contributed by atoms with Gasteiger partial charge in [-0.05, 0) is 57.6 Å². The van der Waals surface area contributed by atoms with Crippen molar-refractivity contribution < 1.29 is 14.3 Å². The Labute approximate surface area is 179 Å². The van der Waals surface area contributed by atoms with E-state index in [1.165, 1.54) is 16.6 Å². The lowest BCUT2D eigenvalue weighted by molar-refractivity contribution is -0.135. The van der Waals surface area contributed by atoms with E-state index in [1.54, 1.807) is 0 Å². The molecule has 30 heavy (non-hydrogen) atoms. The van der Waals surface area contributed by atoms with Crippen LogP contribution in [0.2, 0.25) is 0 Å². The van der Waals surface area contributed by atoms with E-state index in [0.717, 1.165) is 31.3 Å². The van der Waals surface area contributed by atoms with Gasteiger partial charge < -0.3 is 19.9 Å². The number of fused-ring (bicyclic) bond motifs is 3. The summed E-state index contributed by atoms with van der Waals surface area (Å²) in [6.07, 6.45) is 2.47. The highest BCUT2D eigenvalue weighted by atomic mass is 16.6. The van der Waals surface area contributed by atoms with Crippen molar-refractivity contribution in [2.45, 2.75) is 71.9 Å². The maximum Gasteiger partial charge on any atom is 0.407 e. The molecule has 2 aromatic rings. The SMILES string of the molecule is CC(C)C1c2[nH]c3ccccc3c2CCN1C(=O)CCCCNC(=O)OC(C)(C)C. The summed E-state index contributed by atoms with van der Waals surface area (Å²) in [7, 11) is 0. The summed E-state index contributed by atoms with van der Waals surface area (Å²) >= 11 is 0. The Hall–Kier alpha value is -2.50. The molecule has 0 aliphatic carbocycles. The van der Waals surface area contributed by atoms with Crippen LogP contribution in [-0.2, 0) is 16.0 Å². The van der Waals surface area contributed by atoms with Gasteiger partial charge in [0.1, 0.15) is 5.60 Å². The molecule has 0 saturated carbocycles. The lowest BCUT2D eigenvalue weighted by atomic mass is 9.90. The second kappa shape index (κ2) is 9.11. The fourth-order valence-electron chi connectivity index (χ4n) is 4.29. The Bertz CT molecular complexity index is 895. The summed E-state index contributed by atoms with van der Waals surface area (Å²) in [6, 6.07) is 8.46. The van der Waals surface area contributed by atoms with Crippen molar-refractivity contribution in [3.63, 3.8) is 0 Å². The molecule has 2 heterocycles. The van der Waals surface area contributed by atoms with Crippen LogP contribution in [0.4, 0.5) is 4.79 Å². The summed E-state index contributed by atoms with van der Waals surface area (Å²) in [6.45, 7) is 11.1. The van der Waals surface area contributed by atoms with Crippen LogP contribution in [0.15, 0.2) is 24.3 Å². The van der Waals surface area contributed by atoms with E-state index < -0.39 is 11.7 Å². The largest absolute Gasteiger partial charge is 0.444 e. The predicted octanol–water partition coefficient (Wildman–Crippen LogP) is 4.94. The first-order valence-corrected chi connectivity index (χ1v) is 11.0. The van der Waals surface area contributed by atoms with Gasteiger partial charge in [-0.3, -0.25) is 4.79 Å². The molecule has 1 aromatic heterocycles. The Morgan fingerprint density at radius 2 is 1.97 bits per heavy atom. The fraction of sp³-hybridized carbons (Fsp3) is 0.583. The number of aromatic amines is 1. The fourth-order valence-corrected chi connectivity index (χ4v) is 4.29. The molecule has 2 amide bonds. The number of nitrogens with zero attached hydrogens (tertiary/aromatic N) is 1. The molecule has 0 saturated heterocycles. The number of hydrogen-bond acceptors (Lipinski definition) is 3. The number of alkyl carbamates (subject to hydrolysis) is 1. The number of carbonyl (C=O) groups is 2. The van der Waals surface area contributed by atoms with Gasteiger partial charge in [0.2, 0.25) is 5.91 Å². The molecule has 0 spiro atoms. The zero-order valence-electron chi connectivity index (χ0n) is 18.9. The molecule has 2 N–H and O–H groups in total. The van der Waals surface area contributed by atoms with Crippen LogP contribution in [0.3, 0.4) is 0 Å². The minimum absolute atomic E-state index is 0.0774. The van der Waals surface area contributed by atoms with Gasteiger partial charge in [-0.25, -0.2) is 4.79 Å². The molecule has 1 aliphatic heterocycles. The van der Waals surface area contributed by atoms with E-state index in [-0.39, 0.29) is 11.9 Å². The van der Waals surface area contributed by atoms with Crippen LogP contribution in [-0.4, -0.2) is 40.6 Å². The lowest BCUT2D eigenvalue weighted by Gasteiger charge is -2.38. The molecular weight excluding hydrogens is 378 g/mol. The Morgan fingerprint density at radius 1 is 1.23 bits per heavy atom. The zero-order chi connectivity index (χ0) is 21.9. The molecule has 1 atom stereocenters. The third kappa shape index (κ3) is 5.15. The maximum absolute atomic E-state index is 13.0. The van der Waals surface area contributed by atoms with Crippen LogP contribution in [0.1, 0.15) is 71.2 Å². The molecule has 6 heteroatoms. The first-order valence-electron chi connectivity index (χ1n) is 11.0. The van der Waals surface area contributed by atoms with Gasteiger partial charge in [-0.2, -0.15) is 0 Å². The van der Waals surface area contributed by atoms with Crippen molar-refractivity contribution >= 4 is 22.9 Å². The summed E-state index contributed by atoms with van der Waals surface area (Å²) in [5.41, 5.74) is 3.20. The van der Waals surface area contributed by atoms with Crippen molar-refractivity contribution in [1.29, 1.82) is 0 Å². The van der Waals surface area contributed by atoms with E-state index in [0.29, 0.717) is 18.9 Å². The zero-order valence-corrected chi connectivity index (χ0v) is 18.9. The van der Waals surface area contributed by atoms with E-state index in [1.807, 2.05) is 31.7 Å².